The van der Waals surface area contributed by atoms with Crippen molar-refractivity contribution in [3.8, 4) is 22.4 Å². The van der Waals surface area contributed by atoms with Crippen molar-refractivity contribution in [1.82, 2.24) is 29.9 Å². The number of fused-ring (bicyclic) bond motifs is 9. The van der Waals surface area contributed by atoms with Crippen molar-refractivity contribution in [3.63, 3.8) is 0 Å². The van der Waals surface area contributed by atoms with E-state index < -0.39 is 0 Å². The summed E-state index contributed by atoms with van der Waals surface area (Å²) in [5.74, 6) is -0.163. The van der Waals surface area contributed by atoms with E-state index in [9.17, 15) is 4.79 Å². The maximum absolute atomic E-state index is 13.6. The molecule has 0 fully saturated rings. The smallest absolute Gasteiger partial charge is 0.256 e. The molecule has 38 heavy (non-hydrogen) atoms. The Hall–Kier alpha value is -4.37. The third kappa shape index (κ3) is 4.92. The molecule has 0 saturated heterocycles. The van der Waals surface area contributed by atoms with E-state index in [-0.39, 0.29) is 5.91 Å². The number of nitrogens with one attached hydrogen (secondary N) is 1. The first kappa shape index (κ1) is 24.0. The van der Waals surface area contributed by atoms with Gasteiger partial charge in [0.1, 0.15) is 5.69 Å². The lowest BCUT2D eigenvalue weighted by molar-refractivity contribution is -0.111. The molecule has 9 heteroatoms. The van der Waals surface area contributed by atoms with Gasteiger partial charge in [0.15, 0.2) is 0 Å². The first-order chi connectivity index (χ1) is 18.5. The van der Waals surface area contributed by atoms with Gasteiger partial charge in [0, 0.05) is 73.2 Å². The highest BCUT2D eigenvalue weighted by atomic mass is 16.1. The van der Waals surface area contributed by atoms with Crippen molar-refractivity contribution in [2.24, 2.45) is 0 Å². The number of anilines is 2. The van der Waals surface area contributed by atoms with Crippen molar-refractivity contribution in [1.29, 1.82) is 0 Å². The normalized spacial score (nSPS) is 16.3. The predicted octanol–water partition coefficient (Wildman–Crippen LogP) is 4.10. The molecule has 1 aromatic carbocycles. The molecular formula is C29H30N8O. The van der Waals surface area contributed by atoms with Gasteiger partial charge in [-0.1, -0.05) is 17.4 Å². The standard InChI is InChI=1S/C29H30N8O/c1-35-8-4-10-37-19-27(33-34-37)23-12-24(17-31-16-23)32-29(38)25-5-3-9-36(2)28-7-6-21(13-26(25)28)22-11-20(18-35)14-30-15-22/h5-7,11-17,19H,3-4,8-10,18H2,1-2H3,(H,32,38). The van der Waals surface area contributed by atoms with Crippen LogP contribution in [0.1, 0.15) is 24.0 Å². The van der Waals surface area contributed by atoms with Crippen molar-refractivity contribution in [3.05, 3.63) is 78.5 Å². The van der Waals surface area contributed by atoms with Gasteiger partial charge in [0.05, 0.1) is 18.1 Å². The summed E-state index contributed by atoms with van der Waals surface area (Å²) in [6.07, 6.45) is 12.9. The van der Waals surface area contributed by atoms with Crippen molar-refractivity contribution < 1.29 is 4.79 Å². The fraction of sp³-hybridized carbons (Fsp3) is 0.276. The lowest BCUT2D eigenvalue weighted by atomic mass is 9.96. The Morgan fingerprint density at radius 3 is 2.68 bits per heavy atom. The molecule has 0 aliphatic carbocycles. The summed E-state index contributed by atoms with van der Waals surface area (Å²) < 4.78 is 1.86. The number of aryl methyl sites for hydroxylation is 1. The van der Waals surface area contributed by atoms with Crippen LogP contribution in [0.25, 0.3) is 28.0 Å². The third-order valence-electron chi connectivity index (χ3n) is 7.09. The van der Waals surface area contributed by atoms with Gasteiger partial charge in [-0.05, 0) is 61.8 Å². The molecule has 1 N–H and O–H groups in total. The van der Waals surface area contributed by atoms with Crippen molar-refractivity contribution in [2.75, 3.05) is 37.4 Å². The minimum absolute atomic E-state index is 0.163. The summed E-state index contributed by atoms with van der Waals surface area (Å²) in [5, 5.41) is 11.7. The molecule has 0 saturated carbocycles. The Balaban J connectivity index is 1.44. The zero-order chi connectivity index (χ0) is 26.1. The van der Waals surface area contributed by atoms with Crippen LogP contribution in [0.4, 0.5) is 11.4 Å². The molecule has 6 rings (SSSR count). The minimum atomic E-state index is -0.163. The van der Waals surface area contributed by atoms with Crippen LogP contribution >= 0.6 is 0 Å². The largest absolute Gasteiger partial charge is 0.374 e. The molecule has 0 atom stereocenters. The van der Waals surface area contributed by atoms with Gasteiger partial charge in [-0.2, -0.15) is 0 Å². The first-order valence-corrected chi connectivity index (χ1v) is 12.9. The van der Waals surface area contributed by atoms with E-state index in [0.717, 1.165) is 78.2 Å². The fourth-order valence-electron chi connectivity index (χ4n) is 5.12. The topological polar surface area (TPSA) is 92.1 Å². The van der Waals surface area contributed by atoms with Gasteiger partial charge in [-0.3, -0.25) is 19.4 Å². The van der Waals surface area contributed by atoms with E-state index in [1.807, 2.05) is 35.4 Å². The Morgan fingerprint density at radius 1 is 0.895 bits per heavy atom. The first-order valence-electron chi connectivity index (χ1n) is 12.9. The molecule has 4 aromatic rings. The van der Waals surface area contributed by atoms with Crippen LogP contribution in [0.5, 0.6) is 0 Å². The van der Waals surface area contributed by atoms with Crippen LogP contribution in [0, 0.1) is 0 Å². The minimum Gasteiger partial charge on any atom is -0.374 e. The number of carbonyl (C=O) groups is 1. The number of benzene rings is 1. The molecule has 0 unspecified atom stereocenters. The number of nitrogens with zero attached hydrogens (tertiary/aromatic N) is 7. The summed E-state index contributed by atoms with van der Waals surface area (Å²) >= 11 is 0. The lowest BCUT2D eigenvalue weighted by Crippen LogP contribution is -2.20. The molecule has 0 spiro atoms. The van der Waals surface area contributed by atoms with Gasteiger partial charge in [-0.15, -0.1) is 5.10 Å². The van der Waals surface area contributed by atoms with Gasteiger partial charge in [0.2, 0.25) is 0 Å². The highest BCUT2D eigenvalue weighted by Crippen LogP contribution is 2.35. The van der Waals surface area contributed by atoms with Crippen LogP contribution in [0.15, 0.2) is 67.4 Å². The summed E-state index contributed by atoms with van der Waals surface area (Å²) in [4.78, 5) is 27.0. The van der Waals surface area contributed by atoms with Crippen LogP contribution in [0.2, 0.25) is 0 Å². The second-order valence-electron chi connectivity index (χ2n) is 10.0. The molecule has 2 aliphatic rings. The molecule has 0 radical (unpaired) electrons. The number of hydrogen-bond acceptors (Lipinski definition) is 7. The maximum Gasteiger partial charge on any atom is 0.256 e. The van der Waals surface area contributed by atoms with Crippen LogP contribution < -0.4 is 10.2 Å². The van der Waals surface area contributed by atoms with Gasteiger partial charge >= 0.3 is 0 Å². The van der Waals surface area contributed by atoms with Gasteiger partial charge in [0.25, 0.3) is 5.91 Å². The average molecular weight is 507 g/mol. The van der Waals surface area contributed by atoms with Crippen molar-refractivity contribution in [2.45, 2.75) is 25.9 Å². The highest BCUT2D eigenvalue weighted by molar-refractivity contribution is 6.26. The van der Waals surface area contributed by atoms with Gasteiger partial charge in [-0.25, -0.2) is 0 Å². The third-order valence-corrected chi connectivity index (χ3v) is 7.09. The second kappa shape index (κ2) is 10.2. The van der Waals surface area contributed by atoms with Crippen LogP contribution in [0.3, 0.4) is 0 Å². The van der Waals surface area contributed by atoms with E-state index in [0.29, 0.717) is 11.3 Å². The number of amides is 1. The molecular weight excluding hydrogens is 476 g/mol. The molecule has 2 aliphatic heterocycles. The van der Waals surface area contributed by atoms with Gasteiger partial charge < -0.3 is 15.1 Å². The molecule has 5 heterocycles. The molecule has 9 nitrogen and oxygen atoms in total. The summed E-state index contributed by atoms with van der Waals surface area (Å²) in [6, 6.07) is 10.4. The second-order valence-corrected chi connectivity index (χ2v) is 10.0. The Morgan fingerprint density at radius 2 is 1.76 bits per heavy atom. The molecule has 1 amide bonds. The van der Waals surface area contributed by atoms with E-state index in [1.54, 1.807) is 12.4 Å². The number of rotatable bonds is 0. The molecule has 8 bridgehead atoms. The number of hydrogen-bond donors (Lipinski definition) is 1. The van der Waals surface area contributed by atoms with E-state index >= 15 is 0 Å². The zero-order valence-corrected chi connectivity index (χ0v) is 21.6. The average Bonchev–Trinajstić information content (AvgIpc) is 3.32. The summed E-state index contributed by atoms with van der Waals surface area (Å²) in [5.41, 5.74) is 7.96. The Labute approximate surface area is 221 Å². The fourth-order valence-corrected chi connectivity index (χ4v) is 5.12. The zero-order valence-electron chi connectivity index (χ0n) is 21.6. The highest BCUT2D eigenvalue weighted by Gasteiger charge is 2.22. The van der Waals surface area contributed by atoms with Crippen LogP contribution in [-0.2, 0) is 17.9 Å². The molecule has 3 aromatic heterocycles. The Bertz CT molecular complexity index is 1520. The predicted molar refractivity (Wildman–Crippen MR) is 148 cm³/mol. The van der Waals surface area contributed by atoms with E-state index in [2.05, 4.69) is 73.8 Å². The number of carbonyl (C=O) groups excluding carboxylic acids is 1. The summed E-state index contributed by atoms with van der Waals surface area (Å²) in [6.45, 7) is 3.31. The van der Waals surface area contributed by atoms with E-state index in [4.69, 9.17) is 0 Å². The van der Waals surface area contributed by atoms with Crippen molar-refractivity contribution >= 4 is 22.9 Å². The maximum atomic E-state index is 13.6. The lowest BCUT2D eigenvalue weighted by Gasteiger charge is -2.21. The van der Waals surface area contributed by atoms with Crippen LogP contribution in [-0.4, -0.2) is 63.0 Å². The summed E-state index contributed by atoms with van der Waals surface area (Å²) in [7, 11) is 4.19. The molecule has 192 valence electrons. The van der Waals surface area contributed by atoms with E-state index in [1.165, 1.54) is 0 Å². The number of aromatic nitrogens is 5. The quantitative estimate of drug-likeness (QED) is 0.384. The SMILES string of the molecule is CN1CCCn2cc(nn2)-c2cncc(c2)NC(=O)C2=CCCN(C)c3ccc(cc32)-c2cncc(c2)C1. The number of pyridine rings is 2. The monoisotopic (exact) mass is 506 g/mol. The Kier molecular flexibility index (Phi) is 6.43.